The minimum Gasteiger partial charge on any atom is -0.507 e. The zero-order valence-corrected chi connectivity index (χ0v) is 26.9. The molecule has 0 atom stereocenters. The number of anilines is 1. The minimum atomic E-state index is -0.627. The van der Waals surface area contributed by atoms with Crippen molar-refractivity contribution in [3.63, 3.8) is 0 Å². The highest BCUT2D eigenvalue weighted by Crippen LogP contribution is 2.35. The number of rotatable bonds is 6. The number of carbonyl (C=O) groups is 2. The Morgan fingerprint density at radius 1 is 0.878 bits per heavy atom. The van der Waals surface area contributed by atoms with Crippen LogP contribution in [0.15, 0.2) is 97.7 Å². The first kappa shape index (κ1) is 32.3. The van der Waals surface area contributed by atoms with Gasteiger partial charge in [-0.15, -0.1) is 0 Å². The molecule has 0 bridgehead atoms. The molecule has 5 N–H and O–H groups in total. The Morgan fingerprint density at radius 2 is 1.63 bits per heavy atom. The highest BCUT2D eigenvalue weighted by atomic mass is 16.3. The molecule has 0 saturated heterocycles. The summed E-state index contributed by atoms with van der Waals surface area (Å²) in [5, 5.41) is 17.9. The molecule has 1 aliphatic carbocycles. The number of hydrogen-bond acceptors (Lipinski definition) is 9. The van der Waals surface area contributed by atoms with Gasteiger partial charge < -0.3 is 16.6 Å². The van der Waals surface area contributed by atoms with Gasteiger partial charge in [-0.3, -0.25) is 14.2 Å². The van der Waals surface area contributed by atoms with Crippen LogP contribution < -0.4 is 11.5 Å². The fourth-order valence-corrected chi connectivity index (χ4v) is 5.66. The first-order valence-electron chi connectivity index (χ1n) is 15.8. The SMILES string of the molecule is CC.NC(=O)c1ccc(O)c(C=O)c1.Nc1ncccc1-c1nc2c(-n3cccn3)cc(-n3cccn3)nc2n1-c1ccc2c(c1)CCC2. The first-order chi connectivity index (χ1) is 23.9. The normalized spacial score (nSPS) is 11.6. The van der Waals surface area contributed by atoms with E-state index in [1.807, 2.05) is 56.6 Å². The number of primary amides is 1. The standard InChI is InChI=1S/C26H21N9.C8H7NO3.C2H6/c27-24-20(7-2-10-28-24)25-32-23-21(33-13-3-11-29-33)16-22(34-14-4-12-30-34)31-26(23)35(25)19-9-8-17-5-1-6-18(17)15-19;9-8(12)5-1-2-7(11)6(3-5)4-10;1-2/h2-4,7-16H,1,5-6H2,(H2,27,28);1-4,11H,(H2,9,12);1-2H3. The number of carbonyl (C=O) groups excluding carboxylic acids is 2. The third-order valence-corrected chi connectivity index (χ3v) is 7.93. The topological polar surface area (TPSA) is 186 Å². The molecule has 0 fully saturated rings. The monoisotopic (exact) mass is 654 g/mol. The van der Waals surface area contributed by atoms with Crippen LogP contribution in [0.1, 0.15) is 52.1 Å². The summed E-state index contributed by atoms with van der Waals surface area (Å²) in [6.07, 6.45) is 12.8. The number of fused-ring (bicyclic) bond motifs is 2. The maximum atomic E-state index is 10.6. The van der Waals surface area contributed by atoms with E-state index in [1.54, 1.807) is 28.0 Å². The lowest BCUT2D eigenvalue weighted by Gasteiger charge is -2.13. The number of aldehydes is 1. The van der Waals surface area contributed by atoms with E-state index in [2.05, 4.69) is 37.9 Å². The molecule has 246 valence electrons. The van der Waals surface area contributed by atoms with Crippen LogP contribution in [0.2, 0.25) is 0 Å². The molecule has 13 heteroatoms. The summed E-state index contributed by atoms with van der Waals surface area (Å²) in [5.41, 5.74) is 18.3. The molecule has 0 saturated carbocycles. The summed E-state index contributed by atoms with van der Waals surface area (Å²) < 4.78 is 5.61. The Hall–Kier alpha value is -6.63. The summed E-state index contributed by atoms with van der Waals surface area (Å²) >= 11 is 0. The highest BCUT2D eigenvalue weighted by Gasteiger charge is 2.23. The van der Waals surface area contributed by atoms with E-state index in [0.717, 1.165) is 29.8 Å². The zero-order valence-electron chi connectivity index (χ0n) is 26.9. The van der Waals surface area contributed by atoms with Crippen LogP contribution in [0.3, 0.4) is 0 Å². The van der Waals surface area contributed by atoms with Crippen molar-refractivity contribution in [1.82, 2.24) is 39.1 Å². The van der Waals surface area contributed by atoms with Crippen LogP contribution >= 0.6 is 0 Å². The number of phenolic OH excluding ortho intramolecular Hbond substituents is 1. The summed E-state index contributed by atoms with van der Waals surface area (Å²) in [5.74, 6) is 0.981. The minimum absolute atomic E-state index is 0.0614. The number of nitrogens with zero attached hydrogens (tertiary/aromatic N) is 8. The fourth-order valence-electron chi connectivity index (χ4n) is 5.66. The van der Waals surface area contributed by atoms with Crippen molar-refractivity contribution in [2.24, 2.45) is 5.73 Å². The number of aromatic nitrogens is 8. The highest BCUT2D eigenvalue weighted by molar-refractivity contribution is 5.95. The summed E-state index contributed by atoms with van der Waals surface area (Å²) in [7, 11) is 0. The second-order valence-electron chi connectivity index (χ2n) is 10.8. The van der Waals surface area contributed by atoms with E-state index >= 15 is 0 Å². The molecule has 1 amide bonds. The molecule has 5 aromatic heterocycles. The summed E-state index contributed by atoms with van der Waals surface area (Å²) in [4.78, 5) is 35.3. The third kappa shape index (κ3) is 6.37. The largest absolute Gasteiger partial charge is 0.507 e. The number of nitrogen functional groups attached to an aromatic ring is 1. The molecule has 13 nitrogen and oxygen atoms in total. The Morgan fingerprint density at radius 3 is 2.33 bits per heavy atom. The van der Waals surface area contributed by atoms with Crippen LogP contribution in [-0.2, 0) is 12.8 Å². The van der Waals surface area contributed by atoms with Crippen molar-refractivity contribution >= 4 is 29.2 Å². The molecule has 5 heterocycles. The van der Waals surface area contributed by atoms with Gasteiger partial charge in [0, 0.05) is 48.3 Å². The van der Waals surface area contributed by atoms with E-state index < -0.39 is 5.91 Å². The van der Waals surface area contributed by atoms with Gasteiger partial charge in [0.05, 0.1) is 16.8 Å². The van der Waals surface area contributed by atoms with Crippen molar-refractivity contribution in [2.45, 2.75) is 33.1 Å². The van der Waals surface area contributed by atoms with Crippen LogP contribution in [0.4, 0.5) is 5.82 Å². The molecule has 8 rings (SSSR count). The lowest BCUT2D eigenvalue weighted by atomic mass is 10.1. The fraction of sp³-hybridized carbons (Fsp3) is 0.139. The van der Waals surface area contributed by atoms with Crippen LogP contribution in [0.5, 0.6) is 5.75 Å². The van der Waals surface area contributed by atoms with E-state index in [1.165, 1.54) is 35.7 Å². The van der Waals surface area contributed by atoms with Gasteiger partial charge >= 0.3 is 0 Å². The lowest BCUT2D eigenvalue weighted by molar-refractivity contribution is 0.1000. The van der Waals surface area contributed by atoms with Gasteiger partial charge in [0.1, 0.15) is 17.1 Å². The molecular weight excluding hydrogens is 620 g/mol. The van der Waals surface area contributed by atoms with Crippen molar-refractivity contribution in [3.8, 4) is 34.3 Å². The predicted molar refractivity (Wildman–Crippen MR) is 186 cm³/mol. The van der Waals surface area contributed by atoms with Crippen molar-refractivity contribution in [1.29, 1.82) is 0 Å². The van der Waals surface area contributed by atoms with Gasteiger partial charge in [-0.25, -0.2) is 24.3 Å². The van der Waals surface area contributed by atoms with E-state index in [-0.39, 0.29) is 16.9 Å². The number of nitrogens with two attached hydrogens (primary N) is 2. The molecule has 2 aromatic carbocycles. The van der Waals surface area contributed by atoms with Gasteiger partial charge in [-0.2, -0.15) is 10.2 Å². The Balaban J connectivity index is 0.000000253. The maximum Gasteiger partial charge on any atom is 0.248 e. The van der Waals surface area contributed by atoms with Crippen LogP contribution in [0, 0.1) is 0 Å². The number of imidazole rings is 1. The molecule has 0 unspecified atom stereocenters. The first-order valence-corrected chi connectivity index (χ1v) is 15.8. The molecule has 7 aromatic rings. The Labute approximate surface area is 281 Å². The van der Waals surface area contributed by atoms with Crippen molar-refractivity contribution in [2.75, 3.05) is 5.73 Å². The van der Waals surface area contributed by atoms with E-state index in [9.17, 15) is 9.59 Å². The number of benzene rings is 2. The number of aryl methyl sites for hydroxylation is 2. The van der Waals surface area contributed by atoms with Gasteiger partial charge in [-0.1, -0.05) is 19.9 Å². The van der Waals surface area contributed by atoms with Gasteiger partial charge in [0.15, 0.2) is 23.6 Å². The predicted octanol–water partition coefficient (Wildman–Crippen LogP) is 5.25. The zero-order chi connectivity index (χ0) is 34.5. The van der Waals surface area contributed by atoms with Gasteiger partial charge in [0.2, 0.25) is 5.91 Å². The molecule has 0 spiro atoms. The number of aromatic hydroxyl groups is 1. The summed E-state index contributed by atoms with van der Waals surface area (Å²) in [6, 6.07) is 20.0. The van der Waals surface area contributed by atoms with Crippen molar-refractivity contribution < 1.29 is 14.7 Å². The molecule has 1 aliphatic rings. The quantitative estimate of drug-likeness (QED) is 0.201. The van der Waals surface area contributed by atoms with Gasteiger partial charge in [0.25, 0.3) is 0 Å². The molecular formula is C36H34N10O3. The van der Waals surface area contributed by atoms with E-state index in [0.29, 0.717) is 34.9 Å². The number of hydrogen-bond donors (Lipinski definition) is 3. The smallest absolute Gasteiger partial charge is 0.248 e. The third-order valence-electron chi connectivity index (χ3n) is 7.93. The van der Waals surface area contributed by atoms with Crippen LogP contribution in [0.25, 0.3) is 39.7 Å². The Kier molecular flexibility index (Phi) is 9.24. The number of amides is 1. The Bertz CT molecular complexity index is 2260. The molecule has 0 radical (unpaired) electrons. The second-order valence-corrected chi connectivity index (χ2v) is 10.8. The number of phenols is 1. The van der Waals surface area contributed by atoms with Crippen LogP contribution in [-0.4, -0.2) is 56.4 Å². The maximum absolute atomic E-state index is 10.6. The van der Waals surface area contributed by atoms with Crippen molar-refractivity contribution in [3.05, 3.63) is 120 Å². The number of pyridine rings is 2. The average Bonchev–Trinajstić information content (AvgIpc) is 3.96. The molecule has 49 heavy (non-hydrogen) atoms. The summed E-state index contributed by atoms with van der Waals surface area (Å²) in [6.45, 7) is 4.00. The van der Waals surface area contributed by atoms with E-state index in [4.69, 9.17) is 26.5 Å². The molecule has 0 aliphatic heterocycles. The van der Waals surface area contributed by atoms with Gasteiger partial charge in [-0.05, 0) is 85.0 Å². The lowest BCUT2D eigenvalue weighted by Crippen LogP contribution is -2.10. The second kappa shape index (κ2) is 14.0. The average molecular weight is 655 g/mol.